The van der Waals surface area contributed by atoms with E-state index in [1.807, 2.05) is 6.07 Å². The smallest absolute Gasteiger partial charge is 0.269 e. The van der Waals surface area contributed by atoms with Crippen LogP contribution in [0.5, 0.6) is 5.75 Å². The molecule has 22 heavy (non-hydrogen) atoms. The topological polar surface area (TPSA) is 75.7 Å². The molecule has 2 rings (SSSR count). The maximum absolute atomic E-state index is 10.6. The van der Waals surface area contributed by atoms with Crippen molar-refractivity contribution in [2.75, 3.05) is 0 Å². The fourth-order valence-electron chi connectivity index (χ4n) is 1.93. The summed E-state index contributed by atoms with van der Waals surface area (Å²) in [7, 11) is 0. The first-order chi connectivity index (χ1) is 10.3. The number of phenolic OH excluding ortho intramolecular Hbond substituents is 1. The van der Waals surface area contributed by atoms with Gasteiger partial charge in [0.25, 0.3) is 5.69 Å². The molecule has 114 valence electrons. The molecule has 2 aromatic carbocycles. The Bertz CT molecular complexity index is 714. The summed E-state index contributed by atoms with van der Waals surface area (Å²) in [6, 6.07) is 11.5. The van der Waals surface area contributed by atoms with Crippen LogP contribution in [0.3, 0.4) is 0 Å². The number of benzene rings is 2. The van der Waals surface area contributed by atoms with E-state index in [2.05, 4.69) is 25.8 Å². The van der Waals surface area contributed by atoms with Crippen LogP contribution >= 0.6 is 0 Å². The monoisotopic (exact) mass is 298 g/mol. The molecule has 0 saturated heterocycles. The molecule has 0 fully saturated rings. The molecule has 0 saturated carbocycles. The lowest BCUT2D eigenvalue weighted by atomic mass is 9.87. The Morgan fingerprint density at radius 1 is 1.14 bits per heavy atom. The van der Waals surface area contributed by atoms with E-state index in [4.69, 9.17) is 0 Å². The third-order valence-corrected chi connectivity index (χ3v) is 3.30. The first-order valence-electron chi connectivity index (χ1n) is 6.89. The Morgan fingerprint density at radius 2 is 1.77 bits per heavy atom. The number of hydrogen-bond donors (Lipinski definition) is 1. The van der Waals surface area contributed by atoms with Crippen molar-refractivity contribution in [1.29, 1.82) is 0 Å². The molecule has 0 spiro atoms. The Labute approximate surface area is 129 Å². The molecule has 0 amide bonds. The quantitative estimate of drug-likeness (QED) is 0.520. The highest BCUT2D eigenvalue weighted by Crippen LogP contribution is 2.32. The van der Waals surface area contributed by atoms with Gasteiger partial charge in [0.1, 0.15) is 11.4 Å². The van der Waals surface area contributed by atoms with E-state index < -0.39 is 4.92 Å². The SMILES string of the molecule is CC(C)(C)c1ccc(N=Cc2ccc([N+](=O)[O-])cc2)c(O)c1. The summed E-state index contributed by atoms with van der Waals surface area (Å²) in [5.41, 5.74) is 2.21. The zero-order chi connectivity index (χ0) is 16.3. The molecular weight excluding hydrogens is 280 g/mol. The fourth-order valence-corrected chi connectivity index (χ4v) is 1.93. The normalized spacial score (nSPS) is 11.8. The highest BCUT2D eigenvalue weighted by atomic mass is 16.6. The average Bonchev–Trinajstić information content (AvgIpc) is 2.45. The zero-order valence-corrected chi connectivity index (χ0v) is 12.8. The van der Waals surface area contributed by atoms with Gasteiger partial charge < -0.3 is 5.11 Å². The predicted molar refractivity (Wildman–Crippen MR) is 87.2 cm³/mol. The molecule has 0 atom stereocenters. The maximum atomic E-state index is 10.6. The van der Waals surface area contributed by atoms with Crippen molar-refractivity contribution in [2.24, 2.45) is 4.99 Å². The minimum atomic E-state index is -0.446. The molecular formula is C17H18N2O3. The van der Waals surface area contributed by atoms with Gasteiger partial charge in [-0.25, -0.2) is 0 Å². The second kappa shape index (κ2) is 5.97. The van der Waals surface area contributed by atoms with Crippen molar-refractivity contribution in [3.05, 3.63) is 63.7 Å². The first-order valence-corrected chi connectivity index (χ1v) is 6.89. The summed E-state index contributed by atoms with van der Waals surface area (Å²) in [5.74, 6) is 0.116. The van der Waals surface area contributed by atoms with E-state index in [1.54, 1.807) is 30.5 Å². The minimum absolute atomic E-state index is 0.0366. The highest BCUT2D eigenvalue weighted by Gasteiger charge is 2.15. The van der Waals surface area contributed by atoms with Crippen LogP contribution in [0.4, 0.5) is 11.4 Å². The van der Waals surface area contributed by atoms with E-state index in [1.165, 1.54) is 12.1 Å². The van der Waals surface area contributed by atoms with Gasteiger partial charge in [-0.1, -0.05) is 26.8 Å². The van der Waals surface area contributed by atoms with Gasteiger partial charge in [0.05, 0.1) is 4.92 Å². The summed E-state index contributed by atoms with van der Waals surface area (Å²) in [6.45, 7) is 6.21. The van der Waals surface area contributed by atoms with E-state index >= 15 is 0 Å². The Balaban J connectivity index is 2.21. The third-order valence-electron chi connectivity index (χ3n) is 3.30. The second-order valence-corrected chi connectivity index (χ2v) is 6.06. The number of non-ortho nitro benzene ring substituents is 1. The van der Waals surface area contributed by atoms with Crippen molar-refractivity contribution < 1.29 is 10.0 Å². The number of hydrogen-bond acceptors (Lipinski definition) is 4. The molecule has 5 heteroatoms. The number of nitro benzene ring substituents is 1. The maximum Gasteiger partial charge on any atom is 0.269 e. The first kappa shape index (κ1) is 15.7. The van der Waals surface area contributed by atoms with Gasteiger partial charge in [0.15, 0.2) is 0 Å². The van der Waals surface area contributed by atoms with E-state index in [9.17, 15) is 15.2 Å². The number of rotatable bonds is 3. The summed E-state index contributed by atoms with van der Waals surface area (Å²) in [5, 5.41) is 20.6. The Morgan fingerprint density at radius 3 is 2.27 bits per heavy atom. The lowest BCUT2D eigenvalue weighted by Gasteiger charge is -2.19. The van der Waals surface area contributed by atoms with Crippen molar-refractivity contribution in [3.8, 4) is 5.75 Å². The van der Waals surface area contributed by atoms with Crippen LogP contribution in [-0.2, 0) is 5.41 Å². The molecule has 0 radical (unpaired) electrons. The molecule has 5 nitrogen and oxygen atoms in total. The van der Waals surface area contributed by atoms with Crippen LogP contribution in [0, 0.1) is 10.1 Å². The van der Waals surface area contributed by atoms with Gasteiger partial charge >= 0.3 is 0 Å². The lowest BCUT2D eigenvalue weighted by molar-refractivity contribution is -0.384. The van der Waals surface area contributed by atoms with Gasteiger partial charge in [0.2, 0.25) is 0 Å². The second-order valence-electron chi connectivity index (χ2n) is 6.06. The summed E-state index contributed by atoms with van der Waals surface area (Å²) >= 11 is 0. The van der Waals surface area contributed by atoms with Gasteiger partial charge in [-0.3, -0.25) is 15.1 Å². The van der Waals surface area contributed by atoms with E-state index in [0.717, 1.165) is 11.1 Å². The van der Waals surface area contributed by atoms with Crippen LogP contribution in [0.1, 0.15) is 31.9 Å². The van der Waals surface area contributed by atoms with Crippen LogP contribution in [0.2, 0.25) is 0 Å². The van der Waals surface area contributed by atoms with Gasteiger partial charge in [-0.15, -0.1) is 0 Å². The largest absolute Gasteiger partial charge is 0.506 e. The van der Waals surface area contributed by atoms with E-state index in [-0.39, 0.29) is 16.9 Å². The summed E-state index contributed by atoms with van der Waals surface area (Å²) < 4.78 is 0. The van der Waals surface area contributed by atoms with Crippen LogP contribution in [-0.4, -0.2) is 16.2 Å². The standard InChI is InChI=1S/C17H18N2O3/c1-17(2,3)13-6-9-15(16(20)10-13)18-11-12-4-7-14(8-5-12)19(21)22/h4-11,20H,1-3H3. The van der Waals surface area contributed by atoms with Crippen molar-refractivity contribution in [2.45, 2.75) is 26.2 Å². The number of aromatic hydroxyl groups is 1. The number of nitrogens with zero attached hydrogens (tertiary/aromatic N) is 2. The van der Waals surface area contributed by atoms with Crippen molar-refractivity contribution in [1.82, 2.24) is 0 Å². The summed E-state index contributed by atoms with van der Waals surface area (Å²) in [4.78, 5) is 14.4. The molecule has 0 aliphatic heterocycles. The molecule has 0 heterocycles. The van der Waals surface area contributed by atoms with Gasteiger partial charge in [-0.2, -0.15) is 0 Å². The summed E-state index contributed by atoms with van der Waals surface area (Å²) in [6.07, 6.45) is 1.57. The Kier molecular flexibility index (Phi) is 4.26. The molecule has 1 N–H and O–H groups in total. The average molecular weight is 298 g/mol. The predicted octanol–water partition coefficient (Wildman–Crippen LogP) is 4.35. The van der Waals surface area contributed by atoms with Crippen LogP contribution in [0.15, 0.2) is 47.5 Å². The van der Waals surface area contributed by atoms with E-state index in [0.29, 0.717) is 5.69 Å². The van der Waals surface area contributed by atoms with Crippen molar-refractivity contribution >= 4 is 17.6 Å². The zero-order valence-electron chi connectivity index (χ0n) is 12.8. The third kappa shape index (κ3) is 3.69. The van der Waals surface area contributed by atoms with Crippen LogP contribution < -0.4 is 0 Å². The lowest BCUT2D eigenvalue weighted by Crippen LogP contribution is -2.10. The molecule has 2 aromatic rings. The molecule has 0 aliphatic carbocycles. The Hall–Kier alpha value is -2.69. The molecule has 0 aliphatic rings. The molecule has 0 unspecified atom stereocenters. The van der Waals surface area contributed by atoms with Crippen molar-refractivity contribution in [3.63, 3.8) is 0 Å². The van der Waals surface area contributed by atoms with Crippen LogP contribution in [0.25, 0.3) is 0 Å². The van der Waals surface area contributed by atoms with Gasteiger partial charge in [-0.05, 0) is 40.8 Å². The molecule has 0 aromatic heterocycles. The van der Waals surface area contributed by atoms with Gasteiger partial charge in [0, 0.05) is 18.3 Å². The minimum Gasteiger partial charge on any atom is -0.506 e. The number of nitro groups is 1. The fraction of sp³-hybridized carbons (Fsp3) is 0.235. The number of phenols is 1. The molecule has 0 bridgehead atoms. The highest BCUT2D eigenvalue weighted by molar-refractivity contribution is 5.83. The number of aliphatic imine (C=N–C) groups is 1.